The Morgan fingerprint density at radius 3 is 2.79 bits per heavy atom. The highest BCUT2D eigenvalue weighted by atomic mass is 35.5. The summed E-state index contributed by atoms with van der Waals surface area (Å²) in [5.41, 5.74) is 0.835. The number of hydrogen-bond donors (Lipinski definition) is 2. The van der Waals surface area contributed by atoms with Crippen LogP contribution in [-0.4, -0.2) is 41.4 Å². The van der Waals surface area contributed by atoms with Crippen LogP contribution in [0.4, 0.5) is 0 Å². The molecule has 2 amide bonds. The first-order valence-electron chi connectivity index (χ1n) is 7.90. The SMILES string of the molecule is CN1C(=O)CC(C(=O)NCCCCC(=O)O)C1c1cccc(Cl)c1. The Bertz CT molecular complexity index is 635. The Morgan fingerprint density at radius 2 is 2.12 bits per heavy atom. The number of nitrogens with zero attached hydrogens (tertiary/aromatic N) is 1. The van der Waals surface area contributed by atoms with Gasteiger partial charge in [-0.05, 0) is 30.5 Å². The van der Waals surface area contributed by atoms with Crippen LogP contribution >= 0.6 is 11.6 Å². The Morgan fingerprint density at radius 1 is 1.38 bits per heavy atom. The van der Waals surface area contributed by atoms with Gasteiger partial charge in [0.2, 0.25) is 11.8 Å². The largest absolute Gasteiger partial charge is 0.481 e. The van der Waals surface area contributed by atoms with Crippen LogP contribution in [0.1, 0.15) is 37.3 Å². The molecule has 0 bridgehead atoms. The fourth-order valence-corrected chi connectivity index (χ4v) is 3.19. The minimum atomic E-state index is -0.842. The van der Waals surface area contributed by atoms with Crippen molar-refractivity contribution in [2.45, 2.75) is 31.7 Å². The van der Waals surface area contributed by atoms with Crippen molar-refractivity contribution in [1.29, 1.82) is 0 Å². The highest BCUT2D eigenvalue weighted by Gasteiger charge is 2.42. The van der Waals surface area contributed by atoms with Gasteiger partial charge < -0.3 is 15.3 Å². The molecule has 0 aromatic heterocycles. The van der Waals surface area contributed by atoms with Gasteiger partial charge in [-0.2, -0.15) is 0 Å². The number of nitrogens with one attached hydrogen (secondary N) is 1. The second-order valence-electron chi connectivity index (χ2n) is 5.96. The Labute approximate surface area is 145 Å². The number of carbonyl (C=O) groups excluding carboxylic acids is 2. The van der Waals surface area contributed by atoms with Gasteiger partial charge in [-0.3, -0.25) is 14.4 Å². The van der Waals surface area contributed by atoms with Crippen molar-refractivity contribution < 1.29 is 19.5 Å². The van der Waals surface area contributed by atoms with Crippen molar-refractivity contribution in [1.82, 2.24) is 10.2 Å². The molecular weight excluding hydrogens is 332 g/mol. The van der Waals surface area contributed by atoms with Gasteiger partial charge in [-0.15, -0.1) is 0 Å². The van der Waals surface area contributed by atoms with E-state index in [1.807, 2.05) is 6.07 Å². The van der Waals surface area contributed by atoms with Gasteiger partial charge in [0.15, 0.2) is 0 Å². The van der Waals surface area contributed by atoms with Crippen LogP contribution in [0.25, 0.3) is 0 Å². The third-order valence-electron chi connectivity index (χ3n) is 4.23. The van der Waals surface area contributed by atoms with Crippen LogP contribution in [0.2, 0.25) is 5.02 Å². The van der Waals surface area contributed by atoms with E-state index >= 15 is 0 Å². The topological polar surface area (TPSA) is 86.7 Å². The lowest BCUT2D eigenvalue weighted by Crippen LogP contribution is -2.35. The van der Waals surface area contributed by atoms with Gasteiger partial charge in [-0.25, -0.2) is 0 Å². The predicted molar refractivity (Wildman–Crippen MR) is 89.6 cm³/mol. The number of likely N-dealkylation sites (tertiary alicyclic amines) is 1. The number of unbranched alkanes of at least 4 members (excludes halogenated alkanes) is 1. The van der Waals surface area contributed by atoms with Gasteiger partial charge in [0.25, 0.3) is 0 Å². The number of carboxylic acids is 1. The quantitative estimate of drug-likeness (QED) is 0.737. The van der Waals surface area contributed by atoms with E-state index in [2.05, 4.69) is 5.32 Å². The lowest BCUT2D eigenvalue weighted by atomic mass is 9.93. The van der Waals surface area contributed by atoms with E-state index < -0.39 is 11.9 Å². The van der Waals surface area contributed by atoms with Crippen LogP contribution in [0.3, 0.4) is 0 Å². The number of halogens is 1. The first kappa shape index (κ1) is 18.3. The summed E-state index contributed by atoms with van der Waals surface area (Å²) in [4.78, 5) is 36.6. The third-order valence-corrected chi connectivity index (χ3v) is 4.47. The van der Waals surface area contributed by atoms with Gasteiger partial charge in [-0.1, -0.05) is 23.7 Å². The summed E-state index contributed by atoms with van der Waals surface area (Å²) >= 11 is 6.03. The average Bonchev–Trinajstić information content (AvgIpc) is 2.82. The second-order valence-corrected chi connectivity index (χ2v) is 6.39. The molecule has 1 aromatic carbocycles. The van der Waals surface area contributed by atoms with Gasteiger partial charge in [0.1, 0.15) is 0 Å². The van der Waals surface area contributed by atoms with Gasteiger partial charge >= 0.3 is 5.97 Å². The molecule has 6 nitrogen and oxygen atoms in total. The number of hydrogen-bond acceptors (Lipinski definition) is 3. The number of rotatable bonds is 7. The smallest absolute Gasteiger partial charge is 0.303 e. The van der Waals surface area contributed by atoms with Crippen LogP contribution in [-0.2, 0) is 14.4 Å². The van der Waals surface area contributed by atoms with Crippen molar-refractivity contribution in [2.75, 3.05) is 13.6 Å². The fourth-order valence-electron chi connectivity index (χ4n) is 3.00. The van der Waals surface area contributed by atoms with Crippen LogP contribution < -0.4 is 5.32 Å². The molecule has 1 aromatic rings. The third kappa shape index (κ3) is 4.47. The van der Waals surface area contributed by atoms with E-state index in [1.165, 1.54) is 0 Å². The Hall–Kier alpha value is -2.08. The van der Waals surface area contributed by atoms with Crippen molar-refractivity contribution in [3.8, 4) is 0 Å². The number of carboxylic acid groups (broad SMARTS) is 1. The van der Waals surface area contributed by atoms with E-state index in [-0.39, 0.29) is 30.7 Å². The summed E-state index contributed by atoms with van der Waals surface area (Å²) in [6.45, 7) is 0.406. The zero-order valence-electron chi connectivity index (χ0n) is 13.5. The predicted octanol–water partition coefficient (Wildman–Crippen LogP) is 2.23. The normalized spacial score (nSPS) is 20.2. The molecule has 1 heterocycles. The van der Waals surface area contributed by atoms with Crippen molar-refractivity contribution >= 4 is 29.4 Å². The fraction of sp³-hybridized carbons (Fsp3) is 0.471. The zero-order valence-corrected chi connectivity index (χ0v) is 14.3. The van der Waals surface area contributed by atoms with Crippen LogP contribution in [0, 0.1) is 5.92 Å². The van der Waals surface area contributed by atoms with Crippen molar-refractivity contribution in [3.63, 3.8) is 0 Å². The van der Waals surface area contributed by atoms with Gasteiger partial charge in [0, 0.05) is 31.5 Å². The molecule has 0 radical (unpaired) electrons. The maximum absolute atomic E-state index is 12.5. The molecule has 1 aliphatic rings. The average molecular weight is 353 g/mol. The zero-order chi connectivity index (χ0) is 17.7. The summed E-state index contributed by atoms with van der Waals surface area (Å²) in [6.07, 6.45) is 1.35. The summed E-state index contributed by atoms with van der Waals surface area (Å²) in [6, 6.07) is 6.84. The maximum atomic E-state index is 12.5. The molecular formula is C17H21ClN2O4. The molecule has 0 spiro atoms. The molecule has 1 aliphatic heterocycles. The molecule has 0 saturated carbocycles. The number of benzene rings is 1. The molecule has 2 unspecified atom stereocenters. The number of carbonyl (C=O) groups is 3. The molecule has 24 heavy (non-hydrogen) atoms. The van der Waals surface area contributed by atoms with E-state index in [9.17, 15) is 14.4 Å². The van der Waals surface area contributed by atoms with E-state index in [4.69, 9.17) is 16.7 Å². The Kier molecular flexibility index (Phi) is 6.20. The lowest BCUT2D eigenvalue weighted by Gasteiger charge is -2.25. The molecule has 130 valence electrons. The highest BCUT2D eigenvalue weighted by molar-refractivity contribution is 6.30. The van der Waals surface area contributed by atoms with E-state index in [0.29, 0.717) is 24.4 Å². The summed E-state index contributed by atoms with van der Waals surface area (Å²) in [7, 11) is 1.69. The molecule has 2 N–H and O–H groups in total. The molecule has 2 atom stereocenters. The van der Waals surface area contributed by atoms with Gasteiger partial charge in [0.05, 0.1) is 12.0 Å². The number of amides is 2. The maximum Gasteiger partial charge on any atom is 0.303 e. The highest BCUT2D eigenvalue weighted by Crippen LogP contribution is 2.37. The molecule has 2 rings (SSSR count). The van der Waals surface area contributed by atoms with Crippen LogP contribution in [0.5, 0.6) is 0 Å². The first-order chi connectivity index (χ1) is 11.4. The van der Waals surface area contributed by atoms with E-state index in [0.717, 1.165) is 5.56 Å². The molecule has 1 saturated heterocycles. The Balaban J connectivity index is 2.00. The molecule has 7 heteroatoms. The minimum Gasteiger partial charge on any atom is -0.481 e. The summed E-state index contributed by atoms with van der Waals surface area (Å²) < 4.78 is 0. The van der Waals surface area contributed by atoms with Crippen molar-refractivity contribution in [3.05, 3.63) is 34.9 Å². The monoisotopic (exact) mass is 352 g/mol. The first-order valence-corrected chi connectivity index (χ1v) is 8.28. The van der Waals surface area contributed by atoms with Crippen molar-refractivity contribution in [2.24, 2.45) is 5.92 Å². The molecule has 1 fully saturated rings. The van der Waals surface area contributed by atoms with E-state index in [1.54, 1.807) is 30.1 Å². The number of aliphatic carboxylic acids is 1. The second kappa shape index (κ2) is 8.15. The van der Waals surface area contributed by atoms with Crippen LogP contribution in [0.15, 0.2) is 24.3 Å². The summed E-state index contributed by atoms with van der Waals surface area (Å²) in [5, 5.41) is 12.0. The lowest BCUT2D eigenvalue weighted by molar-refractivity contribution is -0.137. The molecule has 0 aliphatic carbocycles. The standard InChI is InChI=1S/C17H21ClN2O4/c1-20-14(21)10-13(16(20)11-5-4-6-12(18)9-11)17(24)19-8-3-2-7-15(22)23/h4-6,9,13,16H,2-3,7-8,10H2,1H3,(H,19,24)(H,22,23). The minimum absolute atomic E-state index is 0.0778. The summed E-state index contributed by atoms with van der Waals surface area (Å²) in [5.74, 6) is -1.58.